The Morgan fingerprint density at radius 2 is 1.85 bits per heavy atom. The van der Waals surface area contributed by atoms with Gasteiger partial charge in [-0.05, 0) is 30.2 Å². The van der Waals surface area contributed by atoms with Crippen molar-refractivity contribution < 1.29 is 15.0 Å². The number of para-hydroxylation sites is 1. The molecule has 2 aliphatic heterocycles. The fourth-order valence-corrected chi connectivity index (χ4v) is 4.50. The Hall–Kier alpha value is -2.12. The first-order valence-corrected chi connectivity index (χ1v) is 9.45. The van der Waals surface area contributed by atoms with Crippen LogP contribution < -0.4 is 10.9 Å². The van der Waals surface area contributed by atoms with Gasteiger partial charge in [0.2, 0.25) is 5.91 Å². The maximum atomic E-state index is 13.1. The Morgan fingerprint density at radius 3 is 2.59 bits per heavy atom. The molecule has 1 amide bonds. The molecule has 2 fully saturated rings. The highest BCUT2D eigenvalue weighted by Crippen LogP contribution is 2.48. The van der Waals surface area contributed by atoms with Gasteiger partial charge in [0.1, 0.15) is 11.8 Å². The summed E-state index contributed by atoms with van der Waals surface area (Å²) < 4.78 is 0. The minimum absolute atomic E-state index is 0.0103. The van der Waals surface area contributed by atoms with Crippen LogP contribution in [0.5, 0.6) is 5.75 Å². The van der Waals surface area contributed by atoms with Gasteiger partial charge in [-0.1, -0.05) is 41.9 Å². The second-order valence-electron chi connectivity index (χ2n) is 6.99. The lowest BCUT2D eigenvalue weighted by atomic mass is 9.83. The average Bonchev–Trinajstić information content (AvgIpc) is 3.20. The zero-order valence-corrected chi connectivity index (χ0v) is 15.4. The van der Waals surface area contributed by atoms with E-state index in [1.807, 2.05) is 41.3 Å². The molecule has 0 spiro atoms. The first-order valence-electron chi connectivity index (χ1n) is 9.07. The molecule has 2 heterocycles. The molecule has 0 bridgehead atoms. The molecule has 27 heavy (non-hydrogen) atoms. The van der Waals surface area contributed by atoms with Crippen LogP contribution in [0, 0.1) is 5.92 Å². The molecule has 4 rings (SSSR count). The van der Waals surface area contributed by atoms with Crippen molar-refractivity contribution >= 4 is 17.5 Å². The number of phenols is 1. The quantitative estimate of drug-likeness (QED) is 0.631. The number of fused-ring (bicyclic) bond motifs is 1. The van der Waals surface area contributed by atoms with Gasteiger partial charge in [0.25, 0.3) is 0 Å². The molecule has 0 saturated carbocycles. The van der Waals surface area contributed by atoms with E-state index in [0.29, 0.717) is 18.0 Å². The predicted octanol–water partition coefficient (Wildman–Crippen LogP) is 2.15. The molecule has 7 heteroatoms. The lowest BCUT2D eigenvalue weighted by Gasteiger charge is -2.31. The third kappa shape index (κ3) is 3.19. The molecule has 4 N–H and O–H groups in total. The van der Waals surface area contributed by atoms with E-state index in [9.17, 15) is 15.0 Å². The summed E-state index contributed by atoms with van der Waals surface area (Å²) in [5.74, 6) is 0.0651. The molecule has 2 aliphatic rings. The van der Waals surface area contributed by atoms with Crippen molar-refractivity contribution in [2.24, 2.45) is 5.92 Å². The summed E-state index contributed by atoms with van der Waals surface area (Å²) in [5, 5.41) is 20.2. The van der Waals surface area contributed by atoms with E-state index < -0.39 is 6.04 Å². The van der Waals surface area contributed by atoms with Gasteiger partial charge >= 0.3 is 0 Å². The van der Waals surface area contributed by atoms with E-state index in [2.05, 4.69) is 10.9 Å². The van der Waals surface area contributed by atoms with E-state index in [-0.39, 0.29) is 36.3 Å². The molecule has 0 radical (unpaired) electrons. The van der Waals surface area contributed by atoms with Gasteiger partial charge in [-0.25, -0.2) is 10.9 Å². The first kappa shape index (κ1) is 18.3. The number of amides is 1. The zero-order valence-electron chi connectivity index (χ0n) is 14.7. The molecule has 4 atom stereocenters. The van der Waals surface area contributed by atoms with Crippen LogP contribution in [-0.4, -0.2) is 40.2 Å². The largest absolute Gasteiger partial charge is 0.508 e. The van der Waals surface area contributed by atoms with Crippen molar-refractivity contribution in [1.82, 2.24) is 15.8 Å². The molecule has 0 aromatic heterocycles. The number of likely N-dealkylation sites (tertiary alicyclic amines) is 1. The summed E-state index contributed by atoms with van der Waals surface area (Å²) in [6, 6.07) is 13.9. The standard InChI is InChI=1S/C20H22ClN3O3/c21-13-6-3-5-12(11-13)19-16-17(14-7-1-2-8-15(14)26)22-23-18(16)20(27)24(19)9-4-10-25/h1-3,5-8,11,16-19,22-23,25-26H,4,9-10H2. The Balaban J connectivity index is 1.77. The number of aliphatic hydroxyl groups is 1. The summed E-state index contributed by atoms with van der Waals surface area (Å²) in [5.41, 5.74) is 8.02. The predicted molar refractivity (Wildman–Crippen MR) is 102 cm³/mol. The van der Waals surface area contributed by atoms with Crippen molar-refractivity contribution in [3.63, 3.8) is 0 Å². The van der Waals surface area contributed by atoms with Crippen LogP contribution in [0.4, 0.5) is 0 Å². The van der Waals surface area contributed by atoms with E-state index in [1.165, 1.54) is 0 Å². The Morgan fingerprint density at radius 1 is 1.07 bits per heavy atom. The molecule has 6 nitrogen and oxygen atoms in total. The Bertz CT molecular complexity index is 847. The SMILES string of the molecule is O=C1C2NNC(c3ccccc3O)C2C(c2cccc(Cl)c2)N1CCCO. The minimum Gasteiger partial charge on any atom is -0.508 e. The lowest BCUT2D eigenvalue weighted by Crippen LogP contribution is -2.41. The fourth-order valence-electron chi connectivity index (χ4n) is 4.30. The summed E-state index contributed by atoms with van der Waals surface area (Å²) in [6.07, 6.45) is 0.511. The van der Waals surface area contributed by atoms with Gasteiger partial charge in [-0.15, -0.1) is 0 Å². The molecule has 2 saturated heterocycles. The second kappa shape index (κ2) is 7.48. The van der Waals surface area contributed by atoms with Crippen molar-refractivity contribution in [2.45, 2.75) is 24.5 Å². The summed E-state index contributed by atoms with van der Waals surface area (Å²) >= 11 is 6.22. The normalized spacial score (nSPS) is 27.2. The number of hydrazine groups is 1. The van der Waals surface area contributed by atoms with Crippen molar-refractivity contribution in [2.75, 3.05) is 13.2 Å². The summed E-state index contributed by atoms with van der Waals surface area (Å²) in [6.45, 7) is 0.491. The minimum atomic E-state index is -0.405. The van der Waals surface area contributed by atoms with Crippen molar-refractivity contribution in [3.05, 3.63) is 64.7 Å². The van der Waals surface area contributed by atoms with Crippen LogP contribution in [0.2, 0.25) is 5.02 Å². The van der Waals surface area contributed by atoms with E-state index in [1.54, 1.807) is 12.1 Å². The van der Waals surface area contributed by atoms with Crippen molar-refractivity contribution in [3.8, 4) is 5.75 Å². The van der Waals surface area contributed by atoms with Gasteiger partial charge in [0.15, 0.2) is 0 Å². The Kier molecular flexibility index (Phi) is 5.06. The van der Waals surface area contributed by atoms with Crippen LogP contribution in [0.1, 0.15) is 29.6 Å². The number of hydrogen-bond acceptors (Lipinski definition) is 5. The number of aliphatic hydroxyl groups excluding tert-OH is 1. The molecular formula is C20H22ClN3O3. The van der Waals surface area contributed by atoms with Crippen LogP contribution in [0.3, 0.4) is 0 Å². The lowest BCUT2D eigenvalue weighted by molar-refractivity contribution is -0.130. The topological polar surface area (TPSA) is 84.8 Å². The molecular weight excluding hydrogens is 366 g/mol. The second-order valence-corrected chi connectivity index (χ2v) is 7.43. The number of carbonyl (C=O) groups excluding carboxylic acids is 1. The number of benzene rings is 2. The van der Waals surface area contributed by atoms with Crippen LogP contribution >= 0.6 is 11.6 Å². The summed E-state index contributed by atoms with van der Waals surface area (Å²) in [7, 11) is 0. The van der Waals surface area contributed by atoms with Gasteiger partial charge in [-0.3, -0.25) is 4.79 Å². The molecule has 2 aromatic carbocycles. The molecule has 2 aromatic rings. The number of nitrogens with zero attached hydrogens (tertiary/aromatic N) is 1. The highest BCUT2D eigenvalue weighted by Gasteiger charge is 2.55. The van der Waals surface area contributed by atoms with Crippen molar-refractivity contribution in [1.29, 1.82) is 0 Å². The van der Waals surface area contributed by atoms with E-state index in [4.69, 9.17) is 11.6 Å². The number of nitrogens with one attached hydrogen (secondary N) is 2. The van der Waals surface area contributed by atoms with Gasteiger partial charge in [0.05, 0.1) is 12.1 Å². The number of aromatic hydroxyl groups is 1. The monoisotopic (exact) mass is 387 g/mol. The zero-order chi connectivity index (χ0) is 19.0. The maximum Gasteiger partial charge on any atom is 0.242 e. The fraction of sp³-hybridized carbons (Fsp3) is 0.350. The van der Waals surface area contributed by atoms with Gasteiger partial charge < -0.3 is 15.1 Å². The van der Waals surface area contributed by atoms with E-state index in [0.717, 1.165) is 11.1 Å². The molecule has 4 unspecified atom stereocenters. The highest BCUT2D eigenvalue weighted by molar-refractivity contribution is 6.30. The van der Waals surface area contributed by atoms with Gasteiger partial charge in [0, 0.05) is 29.7 Å². The first-order chi connectivity index (χ1) is 13.1. The highest BCUT2D eigenvalue weighted by atomic mass is 35.5. The number of halogens is 1. The van der Waals surface area contributed by atoms with Crippen LogP contribution in [0.15, 0.2) is 48.5 Å². The molecule has 0 aliphatic carbocycles. The smallest absolute Gasteiger partial charge is 0.242 e. The third-order valence-electron chi connectivity index (χ3n) is 5.43. The van der Waals surface area contributed by atoms with Gasteiger partial charge in [-0.2, -0.15) is 0 Å². The third-order valence-corrected chi connectivity index (χ3v) is 5.67. The number of carbonyl (C=O) groups is 1. The van der Waals surface area contributed by atoms with Crippen LogP contribution in [0.25, 0.3) is 0 Å². The molecule has 142 valence electrons. The van der Waals surface area contributed by atoms with Crippen LogP contribution in [-0.2, 0) is 4.79 Å². The number of rotatable bonds is 5. The number of hydrogen-bond donors (Lipinski definition) is 4. The maximum absolute atomic E-state index is 13.1. The average molecular weight is 388 g/mol. The van der Waals surface area contributed by atoms with E-state index >= 15 is 0 Å². The Labute approximate surface area is 162 Å². The summed E-state index contributed by atoms with van der Waals surface area (Å²) in [4.78, 5) is 14.9. The number of phenolic OH excluding ortho intramolecular Hbond substituents is 1.